The molecular weight excluding hydrogens is 220 g/mol. The number of nitrogens with one attached hydrogen (secondary N) is 1. The number of aromatic nitrogens is 1. The van der Waals surface area contributed by atoms with Gasteiger partial charge in [-0.15, -0.1) is 0 Å². The molecule has 1 aromatic heterocycles. The summed E-state index contributed by atoms with van der Waals surface area (Å²) >= 11 is 11.4. The normalized spacial score (nSPS) is 10.0. The second-order valence-corrected chi connectivity index (χ2v) is 3.29. The van der Waals surface area contributed by atoms with Crippen molar-refractivity contribution in [3.63, 3.8) is 0 Å². The molecule has 2 rings (SSSR count). The fraction of sp³-hybridized carbons (Fsp3) is 0. The molecule has 0 aliphatic heterocycles. The van der Waals surface area contributed by atoms with E-state index in [0.29, 0.717) is 10.4 Å². The van der Waals surface area contributed by atoms with Gasteiger partial charge in [-0.05, 0) is 18.2 Å². The van der Waals surface area contributed by atoms with Gasteiger partial charge in [0.1, 0.15) is 5.15 Å². The quantitative estimate of drug-likeness (QED) is 0.665. The molecule has 0 fully saturated rings. The van der Waals surface area contributed by atoms with E-state index >= 15 is 0 Å². The number of hydrogen-bond donors (Lipinski definition) is 2. The number of rotatable bonds is 0. The van der Waals surface area contributed by atoms with E-state index in [1.807, 2.05) is 0 Å². The summed E-state index contributed by atoms with van der Waals surface area (Å²) in [6, 6.07) is 5.13. The molecule has 64 valence electrons. The third-order valence-corrected chi connectivity index (χ3v) is 2.20. The van der Waals surface area contributed by atoms with E-state index in [0.717, 1.165) is 5.52 Å². The van der Waals surface area contributed by atoms with E-state index in [-0.39, 0.29) is 40.5 Å². The molecule has 1 heterocycles. The van der Waals surface area contributed by atoms with Crippen LogP contribution in [0.3, 0.4) is 0 Å². The second-order valence-electron chi connectivity index (χ2n) is 2.48. The number of halogens is 2. The first kappa shape index (κ1) is 11.2. The van der Waals surface area contributed by atoms with Crippen molar-refractivity contribution in [3.8, 4) is 5.75 Å². The first-order valence-corrected chi connectivity index (χ1v) is 4.10. The predicted octanol–water partition coefficient (Wildman–Crippen LogP) is 2.53. The maximum absolute atomic E-state index is 9.38. The molecule has 0 spiro atoms. The van der Waals surface area contributed by atoms with Crippen LogP contribution in [0.25, 0.3) is 10.9 Å². The average Bonchev–Trinajstić information content (AvgIpc) is 2.28. The van der Waals surface area contributed by atoms with Crippen molar-refractivity contribution in [1.29, 1.82) is 0 Å². The van der Waals surface area contributed by atoms with E-state index < -0.39 is 0 Å². The van der Waals surface area contributed by atoms with Gasteiger partial charge in [0.05, 0.1) is 5.52 Å². The van der Waals surface area contributed by atoms with Gasteiger partial charge in [-0.1, -0.05) is 23.2 Å². The summed E-state index contributed by atoms with van der Waals surface area (Å²) < 4.78 is 0. The summed E-state index contributed by atoms with van der Waals surface area (Å²) in [5, 5.41) is 10.9. The Balaban J connectivity index is 0.000000845. The number of aromatic hydroxyl groups is 1. The summed E-state index contributed by atoms with van der Waals surface area (Å²) in [6.45, 7) is 0. The predicted molar refractivity (Wildman–Crippen MR) is 57.1 cm³/mol. The zero-order valence-corrected chi connectivity index (χ0v) is 7.45. The maximum atomic E-state index is 9.38. The number of H-pyrrole nitrogens is 1. The van der Waals surface area contributed by atoms with Crippen molar-refractivity contribution in [1.82, 2.24) is 4.98 Å². The number of fused-ring (bicyclic) bond motifs is 1. The van der Waals surface area contributed by atoms with Crippen molar-refractivity contribution < 1.29 is 5.11 Å². The van der Waals surface area contributed by atoms with Gasteiger partial charge >= 0.3 is 29.6 Å². The second kappa shape index (κ2) is 4.11. The summed E-state index contributed by atoms with van der Waals surface area (Å²) in [4.78, 5) is 2.80. The van der Waals surface area contributed by atoms with Crippen LogP contribution < -0.4 is 0 Å². The molecule has 0 amide bonds. The molecule has 0 bridgehead atoms. The zero-order valence-electron chi connectivity index (χ0n) is 5.94. The Bertz CT molecular complexity index is 441. The Morgan fingerprint density at radius 3 is 2.62 bits per heavy atom. The SMILES string of the molecule is Oc1c(Cl)[nH]c2cc(Cl)ccc12.[NaH]. The zero-order chi connectivity index (χ0) is 8.72. The van der Waals surface area contributed by atoms with Gasteiger partial charge < -0.3 is 10.1 Å². The molecule has 0 unspecified atom stereocenters. The van der Waals surface area contributed by atoms with Gasteiger partial charge in [0.2, 0.25) is 0 Å². The fourth-order valence-electron chi connectivity index (χ4n) is 1.12. The van der Waals surface area contributed by atoms with Gasteiger partial charge in [-0.2, -0.15) is 0 Å². The summed E-state index contributed by atoms with van der Waals surface area (Å²) in [5.41, 5.74) is 0.741. The molecule has 0 atom stereocenters. The Morgan fingerprint density at radius 1 is 1.23 bits per heavy atom. The molecule has 2 N–H and O–H groups in total. The van der Waals surface area contributed by atoms with E-state index in [1.165, 1.54) is 0 Å². The molecule has 0 radical (unpaired) electrons. The molecule has 0 aliphatic rings. The van der Waals surface area contributed by atoms with Crippen LogP contribution in [-0.4, -0.2) is 39.6 Å². The minimum atomic E-state index is 0. The molecule has 0 saturated heterocycles. The molecule has 0 aliphatic carbocycles. The van der Waals surface area contributed by atoms with Crippen LogP contribution in [-0.2, 0) is 0 Å². The number of hydrogen-bond acceptors (Lipinski definition) is 1. The van der Waals surface area contributed by atoms with Gasteiger partial charge in [0.15, 0.2) is 5.75 Å². The molecule has 5 heteroatoms. The third kappa shape index (κ3) is 1.97. The van der Waals surface area contributed by atoms with Crippen molar-refractivity contribution >= 4 is 63.7 Å². The van der Waals surface area contributed by atoms with Gasteiger partial charge in [0.25, 0.3) is 0 Å². The Labute approximate surface area is 107 Å². The number of benzene rings is 1. The van der Waals surface area contributed by atoms with Gasteiger partial charge in [0, 0.05) is 10.4 Å². The number of aromatic amines is 1. The van der Waals surface area contributed by atoms with Crippen LogP contribution in [0.2, 0.25) is 10.2 Å². The van der Waals surface area contributed by atoms with Gasteiger partial charge in [-0.25, -0.2) is 0 Å². The van der Waals surface area contributed by atoms with Crippen LogP contribution in [0, 0.1) is 0 Å². The molecule has 2 aromatic rings. The molecular formula is C8H6Cl2NNaO. The Hall–Kier alpha value is 0.140. The third-order valence-electron chi connectivity index (χ3n) is 1.69. The monoisotopic (exact) mass is 225 g/mol. The van der Waals surface area contributed by atoms with Crippen LogP contribution in [0.4, 0.5) is 0 Å². The van der Waals surface area contributed by atoms with Crippen molar-refractivity contribution in [2.24, 2.45) is 0 Å². The molecule has 1 aromatic carbocycles. The van der Waals surface area contributed by atoms with Crippen LogP contribution in [0.15, 0.2) is 18.2 Å². The topological polar surface area (TPSA) is 36.0 Å². The van der Waals surface area contributed by atoms with E-state index in [4.69, 9.17) is 23.2 Å². The minimum absolute atomic E-state index is 0. The van der Waals surface area contributed by atoms with Crippen LogP contribution >= 0.6 is 23.2 Å². The Morgan fingerprint density at radius 2 is 1.92 bits per heavy atom. The summed E-state index contributed by atoms with van der Waals surface area (Å²) in [7, 11) is 0. The van der Waals surface area contributed by atoms with Crippen molar-refractivity contribution in [2.75, 3.05) is 0 Å². The Kier molecular flexibility index (Phi) is 3.55. The standard InChI is InChI=1S/C8H5Cl2NO.Na.H/c9-4-1-2-5-6(3-4)11-8(10)7(5)12;;/h1-3,11-12H;;. The van der Waals surface area contributed by atoms with Gasteiger partial charge in [-0.3, -0.25) is 0 Å². The van der Waals surface area contributed by atoms with E-state index in [1.54, 1.807) is 18.2 Å². The van der Waals surface area contributed by atoms with Crippen molar-refractivity contribution in [2.45, 2.75) is 0 Å². The van der Waals surface area contributed by atoms with Crippen LogP contribution in [0.5, 0.6) is 5.75 Å². The summed E-state index contributed by atoms with van der Waals surface area (Å²) in [6.07, 6.45) is 0. The van der Waals surface area contributed by atoms with Crippen molar-refractivity contribution in [3.05, 3.63) is 28.4 Å². The fourth-order valence-corrected chi connectivity index (χ4v) is 1.50. The first-order valence-electron chi connectivity index (χ1n) is 3.34. The first-order chi connectivity index (χ1) is 5.68. The molecule has 13 heavy (non-hydrogen) atoms. The average molecular weight is 226 g/mol. The molecule has 2 nitrogen and oxygen atoms in total. The molecule has 0 saturated carbocycles. The summed E-state index contributed by atoms with van der Waals surface area (Å²) in [5.74, 6) is 0.0725. The van der Waals surface area contributed by atoms with E-state index in [2.05, 4.69) is 4.98 Å². The van der Waals surface area contributed by atoms with E-state index in [9.17, 15) is 5.11 Å². The van der Waals surface area contributed by atoms with Crippen LogP contribution in [0.1, 0.15) is 0 Å².